The first-order valence-electron chi connectivity index (χ1n) is 5.44. The van der Waals surface area contributed by atoms with Crippen LogP contribution < -0.4 is 0 Å². The molecule has 0 saturated carbocycles. The lowest BCUT2D eigenvalue weighted by Gasteiger charge is -2.06. The fourth-order valence-electron chi connectivity index (χ4n) is 1.78. The molecule has 2 aromatic heterocycles. The van der Waals surface area contributed by atoms with E-state index in [1.165, 1.54) is 18.5 Å². The third-order valence-electron chi connectivity index (χ3n) is 2.62. The molecule has 0 aliphatic heterocycles. The summed E-state index contributed by atoms with van der Waals surface area (Å²) in [6, 6.07) is 10.4. The van der Waals surface area contributed by atoms with Gasteiger partial charge in [0.1, 0.15) is 12.1 Å². The molecule has 0 saturated heterocycles. The monoisotopic (exact) mass is 256 g/mol. The number of nitrogens with zero attached hydrogens (tertiary/aromatic N) is 2. The highest BCUT2D eigenvalue weighted by Gasteiger charge is 2.09. The standard InChI is InChI=1S/C14H9FN2S/c15-11-5-3-10(4-6-11)12-8-16-9-17-14(12)13-2-1-7-18-13/h1-9H. The van der Waals surface area contributed by atoms with Crippen LogP contribution in [0.15, 0.2) is 54.3 Å². The molecule has 18 heavy (non-hydrogen) atoms. The van der Waals surface area contributed by atoms with Gasteiger partial charge < -0.3 is 0 Å². The highest BCUT2D eigenvalue weighted by Crippen LogP contribution is 2.32. The zero-order chi connectivity index (χ0) is 12.4. The highest BCUT2D eigenvalue weighted by molar-refractivity contribution is 7.13. The Bertz CT molecular complexity index is 648. The first-order valence-corrected chi connectivity index (χ1v) is 6.32. The van der Waals surface area contributed by atoms with Gasteiger partial charge in [0.05, 0.1) is 10.6 Å². The minimum absolute atomic E-state index is 0.242. The van der Waals surface area contributed by atoms with Gasteiger partial charge in [0.2, 0.25) is 0 Å². The van der Waals surface area contributed by atoms with Gasteiger partial charge in [0.15, 0.2) is 0 Å². The quantitative estimate of drug-likeness (QED) is 0.692. The topological polar surface area (TPSA) is 25.8 Å². The van der Waals surface area contributed by atoms with Crippen LogP contribution in [0, 0.1) is 5.82 Å². The van der Waals surface area contributed by atoms with Crippen molar-refractivity contribution in [3.05, 3.63) is 60.1 Å². The van der Waals surface area contributed by atoms with Gasteiger partial charge in [-0.15, -0.1) is 11.3 Å². The van der Waals surface area contributed by atoms with Crippen molar-refractivity contribution in [2.24, 2.45) is 0 Å². The lowest BCUT2D eigenvalue weighted by molar-refractivity contribution is 0.628. The van der Waals surface area contributed by atoms with Gasteiger partial charge in [-0.25, -0.2) is 14.4 Å². The predicted molar refractivity (Wildman–Crippen MR) is 70.7 cm³/mol. The Balaban J connectivity index is 2.15. The predicted octanol–water partition coefficient (Wildman–Crippen LogP) is 4.01. The average Bonchev–Trinajstić information content (AvgIpc) is 2.93. The van der Waals surface area contributed by atoms with Crippen LogP contribution in [-0.4, -0.2) is 9.97 Å². The molecule has 0 unspecified atom stereocenters. The largest absolute Gasteiger partial charge is 0.244 e. The Labute approximate surface area is 108 Å². The van der Waals surface area contributed by atoms with Crippen LogP contribution in [0.1, 0.15) is 0 Å². The summed E-state index contributed by atoms with van der Waals surface area (Å²) < 4.78 is 12.9. The first kappa shape index (κ1) is 11.0. The van der Waals surface area contributed by atoms with E-state index in [0.717, 1.165) is 21.7 Å². The fourth-order valence-corrected chi connectivity index (χ4v) is 2.52. The van der Waals surface area contributed by atoms with E-state index in [4.69, 9.17) is 0 Å². The zero-order valence-electron chi connectivity index (χ0n) is 9.38. The second-order valence-corrected chi connectivity index (χ2v) is 4.72. The summed E-state index contributed by atoms with van der Waals surface area (Å²) in [6.45, 7) is 0. The van der Waals surface area contributed by atoms with Crippen LogP contribution in [0.4, 0.5) is 4.39 Å². The normalized spacial score (nSPS) is 10.5. The smallest absolute Gasteiger partial charge is 0.123 e. The van der Waals surface area contributed by atoms with E-state index >= 15 is 0 Å². The number of hydrogen-bond acceptors (Lipinski definition) is 3. The van der Waals surface area contributed by atoms with Crippen molar-refractivity contribution in [1.82, 2.24) is 9.97 Å². The van der Waals surface area contributed by atoms with Crippen molar-refractivity contribution in [3.63, 3.8) is 0 Å². The van der Waals surface area contributed by atoms with E-state index < -0.39 is 0 Å². The molecule has 3 rings (SSSR count). The fraction of sp³-hybridized carbons (Fsp3) is 0. The molecule has 0 bridgehead atoms. The Morgan fingerprint density at radius 1 is 1.06 bits per heavy atom. The Morgan fingerprint density at radius 2 is 1.89 bits per heavy atom. The van der Waals surface area contributed by atoms with E-state index in [2.05, 4.69) is 9.97 Å². The molecule has 0 radical (unpaired) electrons. The third-order valence-corrected chi connectivity index (χ3v) is 3.50. The Hall–Kier alpha value is -2.07. The zero-order valence-corrected chi connectivity index (χ0v) is 10.2. The summed E-state index contributed by atoms with van der Waals surface area (Å²) in [5, 5.41) is 2.01. The van der Waals surface area contributed by atoms with Crippen LogP contribution >= 0.6 is 11.3 Å². The molecule has 2 nitrogen and oxygen atoms in total. The number of halogens is 1. The van der Waals surface area contributed by atoms with Gasteiger partial charge in [-0.3, -0.25) is 0 Å². The van der Waals surface area contributed by atoms with Gasteiger partial charge in [0, 0.05) is 11.8 Å². The van der Waals surface area contributed by atoms with Crippen molar-refractivity contribution in [2.75, 3.05) is 0 Å². The van der Waals surface area contributed by atoms with Crippen LogP contribution in [0.3, 0.4) is 0 Å². The second-order valence-electron chi connectivity index (χ2n) is 3.77. The summed E-state index contributed by atoms with van der Waals surface area (Å²) in [5.41, 5.74) is 2.71. The highest BCUT2D eigenvalue weighted by atomic mass is 32.1. The summed E-state index contributed by atoms with van der Waals surface area (Å²) in [4.78, 5) is 9.46. The van der Waals surface area contributed by atoms with Crippen molar-refractivity contribution in [3.8, 4) is 21.7 Å². The third kappa shape index (κ3) is 2.02. The molecule has 0 fully saturated rings. The molecule has 0 aliphatic carbocycles. The van der Waals surface area contributed by atoms with E-state index in [-0.39, 0.29) is 5.82 Å². The summed E-state index contributed by atoms with van der Waals surface area (Å²) in [7, 11) is 0. The summed E-state index contributed by atoms with van der Waals surface area (Å²) >= 11 is 1.62. The van der Waals surface area contributed by atoms with Crippen LogP contribution in [0.5, 0.6) is 0 Å². The molecule has 0 atom stereocenters. The number of benzene rings is 1. The van der Waals surface area contributed by atoms with Crippen LogP contribution in [0.2, 0.25) is 0 Å². The maximum atomic E-state index is 12.9. The number of rotatable bonds is 2. The van der Waals surface area contributed by atoms with Crippen LogP contribution in [-0.2, 0) is 0 Å². The molecule has 0 amide bonds. The van der Waals surface area contributed by atoms with Crippen molar-refractivity contribution in [2.45, 2.75) is 0 Å². The average molecular weight is 256 g/mol. The molecule has 0 spiro atoms. The Kier molecular flexibility index (Phi) is 2.86. The molecule has 2 heterocycles. The van der Waals surface area contributed by atoms with E-state index in [1.807, 2.05) is 17.5 Å². The number of hydrogen-bond donors (Lipinski definition) is 0. The molecule has 88 valence electrons. The molecule has 0 aliphatic rings. The van der Waals surface area contributed by atoms with E-state index in [1.54, 1.807) is 29.7 Å². The minimum atomic E-state index is -0.242. The van der Waals surface area contributed by atoms with Gasteiger partial charge in [-0.05, 0) is 29.1 Å². The van der Waals surface area contributed by atoms with E-state index in [0.29, 0.717) is 0 Å². The van der Waals surface area contributed by atoms with Crippen molar-refractivity contribution < 1.29 is 4.39 Å². The maximum absolute atomic E-state index is 12.9. The van der Waals surface area contributed by atoms with Gasteiger partial charge in [-0.2, -0.15) is 0 Å². The first-order chi connectivity index (χ1) is 8.84. The maximum Gasteiger partial charge on any atom is 0.123 e. The molecule has 3 aromatic rings. The van der Waals surface area contributed by atoms with E-state index in [9.17, 15) is 4.39 Å². The molecule has 4 heteroatoms. The van der Waals surface area contributed by atoms with Crippen molar-refractivity contribution in [1.29, 1.82) is 0 Å². The van der Waals surface area contributed by atoms with Gasteiger partial charge >= 0.3 is 0 Å². The lowest BCUT2D eigenvalue weighted by Crippen LogP contribution is -1.89. The molecular formula is C14H9FN2S. The molecular weight excluding hydrogens is 247 g/mol. The summed E-state index contributed by atoms with van der Waals surface area (Å²) in [5.74, 6) is -0.242. The lowest BCUT2D eigenvalue weighted by atomic mass is 10.1. The Morgan fingerprint density at radius 3 is 2.61 bits per heavy atom. The van der Waals surface area contributed by atoms with Gasteiger partial charge in [0.25, 0.3) is 0 Å². The summed E-state index contributed by atoms with van der Waals surface area (Å²) in [6.07, 6.45) is 3.29. The minimum Gasteiger partial charge on any atom is -0.244 e. The van der Waals surface area contributed by atoms with Crippen LogP contribution in [0.25, 0.3) is 21.7 Å². The second kappa shape index (κ2) is 4.66. The molecule has 1 aromatic carbocycles. The number of aromatic nitrogens is 2. The van der Waals surface area contributed by atoms with Gasteiger partial charge in [-0.1, -0.05) is 18.2 Å². The molecule has 0 N–H and O–H groups in total. The number of thiophene rings is 1. The van der Waals surface area contributed by atoms with Crippen molar-refractivity contribution >= 4 is 11.3 Å². The SMILES string of the molecule is Fc1ccc(-c2cncnc2-c2cccs2)cc1.